The van der Waals surface area contributed by atoms with Crippen LogP contribution in [0.1, 0.15) is 16.0 Å². The van der Waals surface area contributed by atoms with Crippen molar-refractivity contribution in [2.45, 2.75) is 19.5 Å². The van der Waals surface area contributed by atoms with Crippen LogP contribution in [-0.4, -0.2) is 11.4 Å². The van der Waals surface area contributed by atoms with Crippen LogP contribution in [0, 0.1) is 0 Å². The maximum Gasteiger partial charge on any atom is 0.101 e. The van der Waals surface area contributed by atoms with Gasteiger partial charge in [0.25, 0.3) is 0 Å². The van der Waals surface area contributed by atoms with Crippen molar-refractivity contribution in [3.8, 4) is 0 Å². The van der Waals surface area contributed by atoms with Crippen molar-refractivity contribution in [2.75, 3.05) is 12.3 Å². The molecule has 0 fully saturated rings. The molecule has 2 nitrogen and oxygen atoms in total. The number of nitrogens with two attached hydrogens (primary N) is 1. The number of anilines is 1. The average Bonchev–Trinajstić information content (AvgIpc) is 2.66. The predicted molar refractivity (Wildman–Crippen MR) is 80.7 cm³/mol. The highest BCUT2D eigenvalue weighted by Crippen LogP contribution is 2.38. The van der Waals surface area contributed by atoms with Gasteiger partial charge < -0.3 is 5.73 Å². The lowest BCUT2D eigenvalue weighted by atomic mass is 10.1. The SMILES string of the molecule is Nc1sc2c(c1Br)CCN(Cc1ccccc1)C2. The summed E-state index contributed by atoms with van der Waals surface area (Å²) in [5.41, 5.74) is 8.77. The number of benzene rings is 1. The van der Waals surface area contributed by atoms with Crippen molar-refractivity contribution in [3.63, 3.8) is 0 Å². The molecule has 2 aromatic rings. The van der Waals surface area contributed by atoms with Gasteiger partial charge in [0.1, 0.15) is 5.00 Å². The van der Waals surface area contributed by atoms with E-state index in [9.17, 15) is 0 Å². The Kier molecular flexibility index (Phi) is 3.41. The summed E-state index contributed by atoms with van der Waals surface area (Å²) in [6, 6.07) is 10.6. The third-order valence-corrected chi connectivity index (χ3v) is 5.56. The van der Waals surface area contributed by atoms with Gasteiger partial charge in [0.2, 0.25) is 0 Å². The highest BCUT2D eigenvalue weighted by molar-refractivity contribution is 9.10. The minimum atomic E-state index is 0.918. The van der Waals surface area contributed by atoms with Crippen LogP contribution in [0.3, 0.4) is 0 Å². The number of hydrogen-bond acceptors (Lipinski definition) is 3. The summed E-state index contributed by atoms with van der Waals surface area (Å²) in [6.07, 6.45) is 1.09. The zero-order valence-electron chi connectivity index (χ0n) is 10.0. The first-order chi connectivity index (χ1) is 8.74. The first kappa shape index (κ1) is 12.2. The molecule has 0 atom stereocenters. The van der Waals surface area contributed by atoms with Crippen LogP contribution in [0.4, 0.5) is 5.00 Å². The Labute approximate surface area is 120 Å². The highest BCUT2D eigenvalue weighted by atomic mass is 79.9. The molecule has 0 radical (unpaired) electrons. The Bertz CT molecular complexity index is 550. The van der Waals surface area contributed by atoms with Gasteiger partial charge in [-0.3, -0.25) is 4.90 Å². The zero-order chi connectivity index (χ0) is 12.5. The van der Waals surface area contributed by atoms with E-state index in [1.165, 1.54) is 16.0 Å². The van der Waals surface area contributed by atoms with E-state index in [1.807, 2.05) is 0 Å². The normalized spacial score (nSPS) is 15.6. The van der Waals surface area contributed by atoms with E-state index in [0.717, 1.165) is 35.5 Å². The van der Waals surface area contributed by atoms with Gasteiger partial charge in [-0.15, -0.1) is 11.3 Å². The van der Waals surface area contributed by atoms with Crippen molar-refractivity contribution in [2.24, 2.45) is 0 Å². The molecule has 1 aliphatic heterocycles. The standard InChI is InChI=1S/C14H15BrN2S/c15-13-11-6-7-17(9-12(11)18-14(13)16)8-10-4-2-1-3-5-10/h1-5H,6-9,16H2. The van der Waals surface area contributed by atoms with Crippen molar-refractivity contribution in [1.82, 2.24) is 4.90 Å². The summed E-state index contributed by atoms with van der Waals surface area (Å²) in [7, 11) is 0. The quantitative estimate of drug-likeness (QED) is 0.914. The number of nitrogens with zero attached hydrogens (tertiary/aromatic N) is 1. The van der Waals surface area contributed by atoms with Gasteiger partial charge in [0.15, 0.2) is 0 Å². The molecule has 0 bridgehead atoms. The van der Waals surface area contributed by atoms with Crippen molar-refractivity contribution < 1.29 is 0 Å². The molecule has 3 rings (SSSR count). The summed E-state index contributed by atoms with van der Waals surface area (Å²) in [4.78, 5) is 3.90. The zero-order valence-corrected chi connectivity index (χ0v) is 12.4. The molecule has 0 saturated heterocycles. The summed E-state index contributed by atoms with van der Waals surface area (Å²) < 4.78 is 1.13. The van der Waals surface area contributed by atoms with Gasteiger partial charge in [-0.2, -0.15) is 0 Å². The second kappa shape index (κ2) is 5.03. The van der Waals surface area contributed by atoms with Crippen molar-refractivity contribution in [3.05, 3.63) is 50.8 Å². The van der Waals surface area contributed by atoms with Crippen LogP contribution in [-0.2, 0) is 19.5 Å². The summed E-state index contributed by atoms with van der Waals surface area (Å²) in [5, 5.41) is 0.918. The first-order valence-electron chi connectivity index (χ1n) is 6.06. The van der Waals surface area contributed by atoms with E-state index in [2.05, 4.69) is 51.2 Å². The molecule has 0 saturated carbocycles. The fourth-order valence-corrected chi connectivity index (χ4v) is 4.28. The number of fused-ring (bicyclic) bond motifs is 1. The van der Waals surface area contributed by atoms with Crippen LogP contribution in [0.2, 0.25) is 0 Å². The number of hydrogen-bond donors (Lipinski definition) is 1. The van der Waals surface area contributed by atoms with Crippen LogP contribution in [0.15, 0.2) is 34.8 Å². The molecule has 18 heavy (non-hydrogen) atoms. The smallest absolute Gasteiger partial charge is 0.101 e. The Hall–Kier alpha value is -0.840. The summed E-state index contributed by atoms with van der Waals surface area (Å²) >= 11 is 5.31. The van der Waals surface area contributed by atoms with Gasteiger partial charge in [0, 0.05) is 24.5 Å². The lowest BCUT2D eigenvalue weighted by Crippen LogP contribution is -2.29. The molecule has 1 aliphatic rings. The lowest BCUT2D eigenvalue weighted by molar-refractivity contribution is 0.248. The summed E-state index contributed by atoms with van der Waals surface area (Å²) in [6.45, 7) is 3.15. The van der Waals surface area contributed by atoms with Crippen LogP contribution < -0.4 is 5.73 Å². The Morgan fingerprint density at radius 3 is 2.83 bits per heavy atom. The average molecular weight is 323 g/mol. The van der Waals surface area contributed by atoms with Gasteiger partial charge in [-0.05, 0) is 33.5 Å². The van der Waals surface area contributed by atoms with E-state index < -0.39 is 0 Å². The molecular weight excluding hydrogens is 308 g/mol. The molecule has 0 aliphatic carbocycles. The van der Waals surface area contributed by atoms with Gasteiger partial charge >= 0.3 is 0 Å². The predicted octanol–water partition coefficient (Wildman–Crippen LogP) is 3.65. The van der Waals surface area contributed by atoms with Crippen molar-refractivity contribution >= 4 is 32.3 Å². The fourth-order valence-electron chi connectivity index (χ4n) is 2.42. The number of halogens is 1. The second-order valence-electron chi connectivity index (χ2n) is 4.63. The molecular formula is C14H15BrN2S. The van der Waals surface area contributed by atoms with Crippen molar-refractivity contribution in [1.29, 1.82) is 0 Å². The van der Waals surface area contributed by atoms with Crippen LogP contribution >= 0.6 is 27.3 Å². The van der Waals surface area contributed by atoms with E-state index in [-0.39, 0.29) is 0 Å². The van der Waals surface area contributed by atoms with E-state index in [1.54, 1.807) is 11.3 Å². The molecule has 1 aromatic carbocycles. The first-order valence-corrected chi connectivity index (χ1v) is 7.67. The molecule has 0 spiro atoms. The topological polar surface area (TPSA) is 29.3 Å². The van der Waals surface area contributed by atoms with E-state index in [0.29, 0.717) is 0 Å². The number of rotatable bonds is 2. The minimum Gasteiger partial charge on any atom is -0.390 e. The Morgan fingerprint density at radius 2 is 2.06 bits per heavy atom. The maximum absolute atomic E-state index is 5.97. The number of nitrogen functional groups attached to an aromatic ring is 1. The number of thiophene rings is 1. The van der Waals surface area contributed by atoms with E-state index in [4.69, 9.17) is 5.73 Å². The highest BCUT2D eigenvalue weighted by Gasteiger charge is 2.22. The minimum absolute atomic E-state index is 0.918. The molecule has 2 N–H and O–H groups in total. The fraction of sp³-hybridized carbons (Fsp3) is 0.286. The molecule has 0 unspecified atom stereocenters. The second-order valence-corrected chi connectivity index (χ2v) is 6.56. The largest absolute Gasteiger partial charge is 0.390 e. The van der Waals surface area contributed by atoms with Crippen LogP contribution in [0.5, 0.6) is 0 Å². The molecule has 2 heterocycles. The Morgan fingerprint density at radius 1 is 1.28 bits per heavy atom. The molecule has 94 valence electrons. The van der Waals surface area contributed by atoms with Gasteiger partial charge in [-0.1, -0.05) is 30.3 Å². The third-order valence-electron chi connectivity index (χ3n) is 3.35. The Balaban J connectivity index is 1.75. The molecule has 4 heteroatoms. The van der Waals surface area contributed by atoms with Gasteiger partial charge in [-0.25, -0.2) is 0 Å². The molecule has 1 aromatic heterocycles. The maximum atomic E-state index is 5.97. The monoisotopic (exact) mass is 322 g/mol. The molecule has 0 amide bonds. The third kappa shape index (κ3) is 2.32. The van der Waals surface area contributed by atoms with Crippen LogP contribution in [0.25, 0.3) is 0 Å². The summed E-state index contributed by atoms with van der Waals surface area (Å²) in [5.74, 6) is 0. The van der Waals surface area contributed by atoms with E-state index >= 15 is 0 Å². The van der Waals surface area contributed by atoms with Gasteiger partial charge in [0.05, 0.1) is 4.47 Å². The lowest BCUT2D eigenvalue weighted by Gasteiger charge is -2.26.